The van der Waals surface area contributed by atoms with Crippen LogP contribution in [0.1, 0.15) is 51.2 Å². The maximum absolute atomic E-state index is 5.69. The second kappa shape index (κ2) is 7.49. The van der Waals surface area contributed by atoms with Gasteiger partial charge in [-0.1, -0.05) is 32.5 Å². The second-order valence-corrected chi connectivity index (χ2v) is 5.61. The van der Waals surface area contributed by atoms with Gasteiger partial charge in [0.05, 0.1) is 0 Å². The Hall–Kier alpha value is -1.09. The number of anilines is 1. The molecule has 0 aliphatic heterocycles. The van der Waals surface area contributed by atoms with E-state index in [0.29, 0.717) is 11.0 Å². The van der Waals surface area contributed by atoms with Crippen LogP contribution < -0.4 is 10.6 Å². The SMILES string of the molecule is CCCCN(c1ccc(C(N)=S)cc1C)C(C)CC. The average Bonchev–Trinajstić information content (AvgIpc) is 2.39. The summed E-state index contributed by atoms with van der Waals surface area (Å²) in [4.78, 5) is 2.97. The summed E-state index contributed by atoms with van der Waals surface area (Å²) in [6, 6.07) is 6.84. The predicted octanol–water partition coefficient (Wildman–Crippen LogP) is 4.03. The first kappa shape index (κ1) is 16.0. The van der Waals surface area contributed by atoms with Crippen LogP contribution in [0, 0.1) is 6.92 Å². The van der Waals surface area contributed by atoms with Crippen LogP contribution in [0.5, 0.6) is 0 Å². The van der Waals surface area contributed by atoms with Crippen LogP contribution in [-0.4, -0.2) is 17.6 Å². The Morgan fingerprint density at radius 1 is 1.37 bits per heavy atom. The Kier molecular flexibility index (Phi) is 6.29. The molecule has 0 amide bonds. The van der Waals surface area contributed by atoms with E-state index in [9.17, 15) is 0 Å². The molecule has 1 atom stereocenters. The molecule has 0 radical (unpaired) electrons. The Balaban J connectivity index is 3.04. The highest BCUT2D eigenvalue weighted by molar-refractivity contribution is 7.80. The lowest BCUT2D eigenvalue weighted by atomic mass is 10.1. The molecule has 0 aliphatic rings. The number of rotatable bonds is 7. The number of benzene rings is 1. The van der Waals surface area contributed by atoms with Crippen LogP contribution in [0.2, 0.25) is 0 Å². The van der Waals surface area contributed by atoms with Gasteiger partial charge in [-0.25, -0.2) is 0 Å². The molecule has 0 aromatic heterocycles. The first-order valence-corrected chi connectivity index (χ1v) is 7.59. The molecule has 2 N–H and O–H groups in total. The van der Waals surface area contributed by atoms with Crippen molar-refractivity contribution in [3.63, 3.8) is 0 Å². The number of thiocarbonyl (C=S) groups is 1. The number of aryl methyl sites for hydroxylation is 1. The monoisotopic (exact) mass is 278 g/mol. The summed E-state index contributed by atoms with van der Waals surface area (Å²) < 4.78 is 0. The van der Waals surface area contributed by atoms with Crippen LogP contribution >= 0.6 is 12.2 Å². The first-order chi connectivity index (χ1) is 9.01. The van der Waals surface area contributed by atoms with Crippen molar-refractivity contribution in [2.24, 2.45) is 5.73 Å². The summed E-state index contributed by atoms with van der Waals surface area (Å²) in [7, 11) is 0. The molecule has 3 heteroatoms. The molecule has 1 aromatic rings. The summed E-state index contributed by atoms with van der Waals surface area (Å²) in [5.41, 5.74) is 9.21. The van der Waals surface area contributed by atoms with Crippen LogP contribution in [0.3, 0.4) is 0 Å². The van der Waals surface area contributed by atoms with Crippen molar-refractivity contribution in [3.05, 3.63) is 29.3 Å². The van der Waals surface area contributed by atoms with Crippen molar-refractivity contribution in [1.29, 1.82) is 0 Å². The van der Waals surface area contributed by atoms with Gasteiger partial charge < -0.3 is 10.6 Å². The summed E-state index contributed by atoms with van der Waals surface area (Å²) in [6.45, 7) is 10.0. The molecule has 0 saturated carbocycles. The van der Waals surface area contributed by atoms with Gasteiger partial charge in [-0.3, -0.25) is 0 Å². The average molecular weight is 278 g/mol. The molecular formula is C16H26N2S. The minimum absolute atomic E-state index is 0.471. The first-order valence-electron chi connectivity index (χ1n) is 7.18. The van der Waals surface area contributed by atoms with Crippen LogP contribution in [0.15, 0.2) is 18.2 Å². The molecule has 1 aromatic carbocycles. The fourth-order valence-corrected chi connectivity index (χ4v) is 2.39. The highest BCUT2D eigenvalue weighted by Gasteiger charge is 2.15. The lowest BCUT2D eigenvalue weighted by Gasteiger charge is -2.32. The van der Waals surface area contributed by atoms with Crippen molar-refractivity contribution < 1.29 is 0 Å². The molecule has 0 spiro atoms. The van der Waals surface area contributed by atoms with Gasteiger partial charge in [0.15, 0.2) is 0 Å². The lowest BCUT2D eigenvalue weighted by Crippen LogP contribution is -2.34. The quantitative estimate of drug-likeness (QED) is 0.763. The molecule has 1 rings (SSSR count). The molecule has 2 nitrogen and oxygen atoms in total. The van der Waals surface area contributed by atoms with Crippen LogP contribution in [0.25, 0.3) is 0 Å². The molecular weight excluding hydrogens is 252 g/mol. The summed E-state index contributed by atoms with van der Waals surface area (Å²) in [5.74, 6) is 0. The Bertz CT molecular complexity index is 429. The molecule has 0 aliphatic carbocycles. The molecule has 106 valence electrons. The molecule has 0 fully saturated rings. The van der Waals surface area contributed by atoms with E-state index >= 15 is 0 Å². The smallest absolute Gasteiger partial charge is 0.103 e. The van der Waals surface area contributed by atoms with Gasteiger partial charge in [-0.15, -0.1) is 0 Å². The van der Waals surface area contributed by atoms with E-state index in [2.05, 4.69) is 44.7 Å². The van der Waals surface area contributed by atoms with E-state index in [0.717, 1.165) is 18.5 Å². The zero-order chi connectivity index (χ0) is 14.4. The van der Waals surface area contributed by atoms with Crippen molar-refractivity contribution in [2.75, 3.05) is 11.4 Å². The summed E-state index contributed by atoms with van der Waals surface area (Å²) in [6.07, 6.45) is 3.60. The van der Waals surface area contributed by atoms with Gasteiger partial charge >= 0.3 is 0 Å². The van der Waals surface area contributed by atoms with Gasteiger partial charge in [-0.2, -0.15) is 0 Å². The topological polar surface area (TPSA) is 29.3 Å². The van der Waals surface area contributed by atoms with Gasteiger partial charge in [0.25, 0.3) is 0 Å². The third-order valence-corrected chi connectivity index (χ3v) is 3.90. The van der Waals surface area contributed by atoms with Gasteiger partial charge in [0, 0.05) is 23.8 Å². The largest absolute Gasteiger partial charge is 0.389 e. The minimum atomic E-state index is 0.471. The minimum Gasteiger partial charge on any atom is -0.389 e. The van der Waals surface area contributed by atoms with E-state index in [1.807, 2.05) is 6.07 Å². The van der Waals surface area contributed by atoms with Gasteiger partial charge in [0.2, 0.25) is 0 Å². The number of nitrogens with two attached hydrogens (primary N) is 1. The lowest BCUT2D eigenvalue weighted by molar-refractivity contribution is 0.594. The number of hydrogen-bond donors (Lipinski definition) is 1. The Morgan fingerprint density at radius 3 is 2.53 bits per heavy atom. The molecule has 0 bridgehead atoms. The third-order valence-electron chi connectivity index (χ3n) is 3.67. The number of unbranched alkanes of at least 4 members (excludes halogenated alkanes) is 1. The molecule has 0 heterocycles. The van der Waals surface area contributed by atoms with Crippen molar-refractivity contribution in [2.45, 2.75) is 53.0 Å². The maximum Gasteiger partial charge on any atom is 0.103 e. The standard InChI is InChI=1S/C16H26N2S/c1-5-7-10-18(13(4)6-2)15-9-8-14(16(17)19)11-12(15)3/h8-9,11,13H,5-7,10H2,1-4H3,(H2,17,19). The van der Waals surface area contributed by atoms with Gasteiger partial charge in [0.1, 0.15) is 4.99 Å². The number of nitrogens with zero attached hydrogens (tertiary/aromatic N) is 1. The Labute approximate surface area is 123 Å². The highest BCUT2D eigenvalue weighted by Crippen LogP contribution is 2.25. The van der Waals surface area contributed by atoms with Gasteiger partial charge in [-0.05, 0) is 50.5 Å². The molecule has 19 heavy (non-hydrogen) atoms. The third kappa shape index (κ3) is 4.20. The van der Waals surface area contributed by atoms with Crippen molar-refractivity contribution in [1.82, 2.24) is 0 Å². The van der Waals surface area contributed by atoms with E-state index in [4.69, 9.17) is 18.0 Å². The van der Waals surface area contributed by atoms with E-state index in [-0.39, 0.29) is 0 Å². The van der Waals surface area contributed by atoms with E-state index in [1.54, 1.807) is 0 Å². The fourth-order valence-electron chi connectivity index (χ4n) is 2.26. The van der Waals surface area contributed by atoms with Crippen molar-refractivity contribution in [3.8, 4) is 0 Å². The molecule has 1 unspecified atom stereocenters. The second-order valence-electron chi connectivity index (χ2n) is 5.17. The number of hydrogen-bond acceptors (Lipinski definition) is 2. The van der Waals surface area contributed by atoms with Crippen LogP contribution in [0.4, 0.5) is 5.69 Å². The predicted molar refractivity (Wildman–Crippen MR) is 89.1 cm³/mol. The van der Waals surface area contributed by atoms with E-state index in [1.165, 1.54) is 24.1 Å². The van der Waals surface area contributed by atoms with E-state index < -0.39 is 0 Å². The zero-order valence-corrected chi connectivity index (χ0v) is 13.4. The Morgan fingerprint density at radius 2 is 2.05 bits per heavy atom. The zero-order valence-electron chi connectivity index (χ0n) is 12.6. The normalized spacial score (nSPS) is 12.2. The summed E-state index contributed by atoms with van der Waals surface area (Å²) in [5, 5.41) is 0. The van der Waals surface area contributed by atoms with Crippen LogP contribution in [-0.2, 0) is 0 Å². The molecule has 0 saturated heterocycles. The summed E-state index contributed by atoms with van der Waals surface area (Å²) >= 11 is 5.04. The van der Waals surface area contributed by atoms with Crippen molar-refractivity contribution >= 4 is 22.9 Å². The maximum atomic E-state index is 5.69. The fraction of sp³-hybridized carbons (Fsp3) is 0.562. The highest BCUT2D eigenvalue weighted by atomic mass is 32.1.